The van der Waals surface area contributed by atoms with Gasteiger partial charge in [0.05, 0.1) is 6.10 Å². The van der Waals surface area contributed by atoms with Crippen molar-refractivity contribution in [3.63, 3.8) is 0 Å². The Morgan fingerprint density at radius 2 is 1.62 bits per heavy atom. The molecule has 140 valence electrons. The molecular formula is C21H27FN2O2. The van der Waals surface area contributed by atoms with Crippen molar-refractivity contribution < 1.29 is 13.9 Å². The second-order valence-electron chi connectivity index (χ2n) is 6.70. The molecule has 2 amide bonds. The maximum atomic E-state index is 12.9. The third-order valence-corrected chi connectivity index (χ3v) is 3.90. The second-order valence-corrected chi connectivity index (χ2v) is 6.70. The summed E-state index contributed by atoms with van der Waals surface area (Å²) in [5, 5.41) is 5.70. The van der Waals surface area contributed by atoms with Crippen molar-refractivity contribution in [3.05, 3.63) is 65.5 Å². The molecule has 0 heterocycles. The number of carbonyl (C=O) groups is 1. The Bertz CT molecular complexity index is 684. The van der Waals surface area contributed by atoms with Crippen LogP contribution in [-0.2, 0) is 13.0 Å². The maximum absolute atomic E-state index is 12.9. The van der Waals surface area contributed by atoms with Gasteiger partial charge >= 0.3 is 6.03 Å². The van der Waals surface area contributed by atoms with E-state index >= 15 is 0 Å². The molecule has 0 spiro atoms. The smallest absolute Gasteiger partial charge is 0.315 e. The van der Waals surface area contributed by atoms with E-state index < -0.39 is 0 Å². The number of aryl methyl sites for hydroxylation is 1. The van der Waals surface area contributed by atoms with Gasteiger partial charge in [0.2, 0.25) is 0 Å². The molecule has 0 aliphatic rings. The van der Waals surface area contributed by atoms with Gasteiger partial charge in [-0.1, -0.05) is 24.3 Å². The van der Waals surface area contributed by atoms with Crippen LogP contribution in [0.4, 0.5) is 9.18 Å². The molecular weight excluding hydrogens is 331 g/mol. The highest BCUT2D eigenvalue weighted by atomic mass is 19.1. The number of urea groups is 1. The van der Waals surface area contributed by atoms with Crippen LogP contribution in [0.25, 0.3) is 0 Å². The Labute approximate surface area is 154 Å². The summed E-state index contributed by atoms with van der Waals surface area (Å²) in [6.07, 6.45) is 1.88. The first-order valence-electron chi connectivity index (χ1n) is 8.97. The van der Waals surface area contributed by atoms with E-state index in [1.165, 1.54) is 17.7 Å². The van der Waals surface area contributed by atoms with Gasteiger partial charge in [-0.05, 0) is 69.0 Å². The number of nitrogens with one attached hydrogen (secondary N) is 2. The Morgan fingerprint density at radius 3 is 2.23 bits per heavy atom. The van der Waals surface area contributed by atoms with E-state index in [1.807, 2.05) is 32.9 Å². The van der Waals surface area contributed by atoms with Gasteiger partial charge in [0.1, 0.15) is 11.6 Å². The zero-order valence-electron chi connectivity index (χ0n) is 15.6. The van der Waals surface area contributed by atoms with E-state index in [9.17, 15) is 9.18 Å². The van der Waals surface area contributed by atoms with Gasteiger partial charge in [-0.15, -0.1) is 0 Å². The summed E-state index contributed by atoms with van der Waals surface area (Å²) in [6, 6.07) is 14.0. The molecule has 0 radical (unpaired) electrons. The van der Waals surface area contributed by atoms with Gasteiger partial charge in [-0.25, -0.2) is 9.18 Å². The second kappa shape index (κ2) is 9.80. The minimum absolute atomic E-state index is 0.0507. The Hall–Kier alpha value is -2.56. The van der Waals surface area contributed by atoms with Crippen molar-refractivity contribution >= 4 is 6.03 Å². The molecule has 2 aromatic rings. The summed E-state index contributed by atoms with van der Waals surface area (Å²) >= 11 is 0. The molecule has 2 N–H and O–H groups in total. The Kier molecular flexibility index (Phi) is 7.45. The van der Waals surface area contributed by atoms with E-state index in [2.05, 4.69) is 22.8 Å². The summed E-state index contributed by atoms with van der Waals surface area (Å²) in [4.78, 5) is 11.9. The summed E-state index contributed by atoms with van der Waals surface area (Å²) in [7, 11) is 0. The standard InChI is InChI=1S/C21H27FN2O2/c1-15(2)26-20-12-8-17(9-13-20)5-4-16(3)24-21(25)23-14-18-6-10-19(22)11-7-18/h6-13,15-16H,4-5,14H2,1-3H3,(H2,23,24,25). The summed E-state index contributed by atoms with van der Waals surface area (Å²) in [5.41, 5.74) is 2.07. The predicted octanol–water partition coefficient (Wildman–Crippen LogP) is 4.43. The SMILES string of the molecule is CC(CCc1ccc(OC(C)C)cc1)NC(=O)NCc1ccc(F)cc1. The summed E-state index contributed by atoms with van der Waals surface area (Å²) in [6.45, 7) is 6.36. The molecule has 26 heavy (non-hydrogen) atoms. The number of rotatable bonds is 8. The molecule has 2 rings (SSSR count). The van der Waals surface area contributed by atoms with Crippen LogP contribution in [0.5, 0.6) is 5.75 Å². The topological polar surface area (TPSA) is 50.4 Å². The number of benzene rings is 2. The zero-order valence-corrected chi connectivity index (χ0v) is 15.6. The van der Waals surface area contributed by atoms with E-state index in [0.29, 0.717) is 6.54 Å². The number of carbonyl (C=O) groups excluding carboxylic acids is 1. The maximum Gasteiger partial charge on any atom is 0.315 e. The van der Waals surface area contributed by atoms with Crippen LogP contribution in [0.2, 0.25) is 0 Å². The van der Waals surface area contributed by atoms with Crippen molar-refractivity contribution in [2.45, 2.75) is 52.3 Å². The van der Waals surface area contributed by atoms with Gasteiger partial charge in [-0.2, -0.15) is 0 Å². The fourth-order valence-electron chi connectivity index (χ4n) is 2.52. The normalized spacial score (nSPS) is 11.9. The van der Waals surface area contributed by atoms with Crippen LogP contribution in [0.1, 0.15) is 38.3 Å². The van der Waals surface area contributed by atoms with Crippen molar-refractivity contribution in [1.29, 1.82) is 0 Å². The van der Waals surface area contributed by atoms with Gasteiger partial charge in [-0.3, -0.25) is 0 Å². The van der Waals surface area contributed by atoms with Crippen LogP contribution in [0.3, 0.4) is 0 Å². The molecule has 0 saturated heterocycles. The van der Waals surface area contributed by atoms with E-state index in [4.69, 9.17) is 4.74 Å². The molecule has 2 aromatic carbocycles. The van der Waals surface area contributed by atoms with E-state index in [0.717, 1.165) is 24.2 Å². The Morgan fingerprint density at radius 1 is 1.00 bits per heavy atom. The molecule has 0 aromatic heterocycles. The van der Waals surface area contributed by atoms with Crippen molar-refractivity contribution in [2.75, 3.05) is 0 Å². The number of hydrogen-bond donors (Lipinski definition) is 2. The highest BCUT2D eigenvalue weighted by Gasteiger charge is 2.08. The lowest BCUT2D eigenvalue weighted by Gasteiger charge is -2.15. The number of amides is 2. The molecule has 0 aliphatic carbocycles. The average molecular weight is 358 g/mol. The minimum Gasteiger partial charge on any atom is -0.491 e. The molecule has 1 unspecified atom stereocenters. The monoisotopic (exact) mass is 358 g/mol. The largest absolute Gasteiger partial charge is 0.491 e. The van der Waals surface area contributed by atoms with E-state index in [-0.39, 0.29) is 24.0 Å². The zero-order chi connectivity index (χ0) is 18.9. The molecule has 4 nitrogen and oxygen atoms in total. The first kappa shape index (κ1) is 19.8. The number of halogens is 1. The third-order valence-electron chi connectivity index (χ3n) is 3.90. The lowest BCUT2D eigenvalue weighted by atomic mass is 10.1. The first-order chi connectivity index (χ1) is 12.4. The van der Waals surface area contributed by atoms with Gasteiger partial charge in [0.15, 0.2) is 0 Å². The lowest BCUT2D eigenvalue weighted by molar-refractivity contribution is 0.237. The van der Waals surface area contributed by atoms with Crippen molar-refractivity contribution in [1.82, 2.24) is 10.6 Å². The highest BCUT2D eigenvalue weighted by molar-refractivity contribution is 5.74. The fourth-order valence-corrected chi connectivity index (χ4v) is 2.52. The fraction of sp³-hybridized carbons (Fsp3) is 0.381. The average Bonchev–Trinajstić information content (AvgIpc) is 2.60. The van der Waals surface area contributed by atoms with Crippen molar-refractivity contribution in [2.24, 2.45) is 0 Å². The number of hydrogen-bond acceptors (Lipinski definition) is 2. The molecule has 0 bridgehead atoms. The van der Waals surface area contributed by atoms with Crippen molar-refractivity contribution in [3.8, 4) is 5.75 Å². The van der Waals surface area contributed by atoms with Crippen LogP contribution < -0.4 is 15.4 Å². The molecule has 1 atom stereocenters. The summed E-state index contributed by atoms with van der Waals surface area (Å²) < 4.78 is 18.5. The van der Waals surface area contributed by atoms with Gasteiger partial charge < -0.3 is 15.4 Å². The molecule has 0 aliphatic heterocycles. The highest BCUT2D eigenvalue weighted by Crippen LogP contribution is 2.15. The molecule has 5 heteroatoms. The Balaban J connectivity index is 1.69. The lowest BCUT2D eigenvalue weighted by Crippen LogP contribution is -2.40. The van der Waals surface area contributed by atoms with Crippen LogP contribution in [0.15, 0.2) is 48.5 Å². The minimum atomic E-state index is -0.282. The first-order valence-corrected chi connectivity index (χ1v) is 8.97. The quantitative estimate of drug-likeness (QED) is 0.733. The predicted molar refractivity (Wildman–Crippen MR) is 102 cm³/mol. The van der Waals surface area contributed by atoms with Gasteiger partial charge in [0, 0.05) is 12.6 Å². The van der Waals surface area contributed by atoms with Gasteiger partial charge in [0.25, 0.3) is 0 Å². The van der Waals surface area contributed by atoms with Crippen LogP contribution >= 0.6 is 0 Å². The van der Waals surface area contributed by atoms with E-state index in [1.54, 1.807) is 12.1 Å². The number of ether oxygens (including phenoxy) is 1. The summed E-state index contributed by atoms with van der Waals surface area (Å²) in [5.74, 6) is 0.589. The molecule has 0 saturated carbocycles. The van der Waals surface area contributed by atoms with Crippen LogP contribution in [-0.4, -0.2) is 18.2 Å². The molecule has 0 fully saturated rings. The third kappa shape index (κ3) is 7.13. The van der Waals surface area contributed by atoms with Crippen LogP contribution in [0, 0.1) is 5.82 Å².